The Hall–Kier alpha value is -0.940. The Morgan fingerprint density at radius 2 is 1.88 bits per heavy atom. The van der Waals surface area contributed by atoms with E-state index in [1.807, 2.05) is 0 Å². The van der Waals surface area contributed by atoms with Crippen LogP contribution in [0.1, 0.15) is 15.9 Å². The van der Waals surface area contributed by atoms with Crippen molar-refractivity contribution in [1.82, 2.24) is 0 Å². The molecule has 0 fully saturated rings. The third kappa shape index (κ3) is 2.25. The van der Waals surface area contributed by atoms with E-state index < -0.39 is 22.3 Å². The molecule has 1 rings (SSSR count). The summed E-state index contributed by atoms with van der Waals surface area (Å²) in [5.74, 6) is -0.0817. The van der Waals surface area contributed by atoms with Crippen molar-refractivity contribution >= 4 is 29.5 Å². The smallest absolute Gasteiger partial charge is 0.418 e. The molecule has 88 valence electrons. The first-order chi connectivity index (χ1) is 7.32. The number of benzene rings is 1. The minimum absolute atomic E-state index is 0.0492. The Labute approximate surface area is 98.9 Å². The lowest BCUT2D eigenvalue weighted by Gasteiger charge is -2.14. The van der Waals surface area contributed by atoms with Crippen LogP contribution in [-0.4, -0.2) is 13.4 Å². The summed E-state index contributed by atoms with van der Waals surface area (Å²) >= 11 is 11.0. The summed E-state index contributed by atoms with van der Waals surface area (Å²) in [4.78, 5) is 10.5. The van der Waals surface area contributed by atoms with Gasteiger partial charge in [0.25, 0.3) is 0 Å². The van der Waals surface area contributed by atoms with E-state index in [-0.39, 0.29) is 17.1 Å². The van der Waals surface area contributed by atoms with E-state index in [1.165, 1.54) is 7.11 Å². The van der Waals surface area contributed by atoms with E-state index in [0.29, 0.717) is 0 Å². The Bertz CT molecular complexity index is 430. The van der Waals surface area contributed by atoms with Gasteiger partial charge in [-0.25, -0.2) is 0 Å². The van der Waals surface area contributed by atoms with Gasteiger partial charge in [0.2, 0.25) is 0 Å². The van der Waals surface area contributed by atoms with E-state index in [1.54, 1.807) is 0 Å². The monoisotopic (exact) mass is 272 g/mol. The first kappa shape index (κ1) is 13.1. The summed E-state index contributed by atoms with van der Waals surface area (Å²) in [5.41, 5.74) is -1.87. The van der Waals surface area contributed by atoms with Crippen molar-refractivity contribution in [3.8, 4) is 5.75 Å². The molecule has 0 N–H and O–H groups in total. The predicted octanol–water partition coefficient (Wildman–Crippen LogP) is 3.83. The maximum absolute atomic E-state index is 12.6. The molecule has 0 aliphatic heterocycles. The van der Waals surface area contributed by atoms with Crippen molar-refractivity contribution in [2.24, 2.45) is 0 Å². The molecule has 0 aliphatic rings. The molecule has 7 heteroatoms. The zero-order chi connectivity index (χ0) is 12.5. The number of methoxy groups -OCH3 is 1. The van der Waals surface area contributed by atoms with Gasteiger partial charge < -0.3 is 4.74 Å². The average Bonchev–Trinajstić information content (AvgIpc) is 2.19. The third-order valence-corrected chi connectivity index (χ3v) is 2.68. The molecule has 0 radical (unpaired) electrons. The number of hydrogen-bond acceptors (Lipinski definition) is 2. The van der Waals surface area contributed by atoms with Gasteiger partial charge in [-0.15, -0.1) is 0 Å². The Kier molecular flexibility index (Phi) is 3.70. The number of rotatable bonds is 2. The van der Waals surface area contributed by atoms with Crippen LogP contribution in [-0.2, 0) is 6.18 Å². The van der Waals surface area contributed by atoms with Crippen LogP contribution < -0.4 is 4.74 Å². The van der Waals surface area contributed by atoms with Gasteiger partial charge in [0.05, 0.1) is 17.7 Å². The quantitative estimate of drug-likeness (QED) is 0.765. The van der Waals surface area contributed by atoms with Crippen molar-refractivity contribution in [3.05, 3.63) is 27.2 Å². The number of ether oxygens (including phenoxy) is 1. The van der Waals surface area contributed by atoms with Crippen molar-refractivity contribution in [2.45, 2.75) is 6.18 Å². The summed E-state index contributed by atoms with van der Waals surface area (Å²) in [5, 5.41) is -1.11. The molecule has 0 spiro atoms. The van der Waals surface area contributed by atoms with E-state index in [4.69, 9.17) is 27.9 Å². The van der Waals surface area contributed by atoms with E-state index in [0.717, 1.165) is 6.07 Å². The molecule has 0 amide bonds. The standard InChI is InChI=1S/C9H5Cl2F3O2/c1-16-5-2-4(3-15)6(9(12,13)14)8(11)7(5)10/h2-3H,1H3. The molecule has 0 atom stereocenters. The molecule has 0 aliphatic carbocycles. The van der Waals surface area contributed by atoms with Crippen molar-refractivity contribution in [3.63, 3.8) is 0 Å². The topological polar surface area (TPSA) is 26.3 Å². The minimum atomic E-state index is -4.75. The minimum Gasteiger partial charge on any atom is -0.495 e. The number of hydrogen-bond donors (Lipinski definition) is 0. The highest BCUT2D eigenvalue weighted by Gasteiger charge is 2.37. The van der Waals surface area contributed by atoms with Gasteiger partial charge in [-0.2, -0.15) is 13.2 Å². The number of halogens is 5. The van der Waals surface area contributed by atoms with E-state index in [9.17, 15) is 18.0 Å². The number of alkyl halides is 3. The summed E-state index contributed by atoms with van der Waals surface area (Å²) in [6.07, 6.45) is -4.70. The van der Waals surface area contributed by atoms with Crippen LogP contribution in [0.15, 0.2) is 6.07 Å². The normalized spacial score (nSPS) is 11.4. The second kappa shape index (κ2) is 4.51. The molecule has 1 aromatic rings. The summed E-state index contributed by atoms with van der Waals surface area (Å²) in [6.45, 7) is 0. The Morgan fingerprint density at radius 1 is 1.31 bits per heavy atom. The van der Waals surface area contributed by atoms with Gasteiger partial charge in [-0.1, -0.05) is 23.2 Å². The highest BCUT2D eigenvalue weighted by atomic mass is 35.5. The van der Waals surface area contributed by atoms with Crippen molar-refractivity contribution < 1.29 is 22.7 Å². The molecular weight excluding hydrogens is 268 g/mol. The summed E-state index contributed by atoms with van der Waals surface area (Å²) in [6, 6.07) is 0.893. The van der Waals surface area contributed by atoms with Gasteiger partial charge in [0, 0.05) is 5.56 Å². The average molecular weight is 273 g/mol. The maximum Gasteiger partial charge on any atom is 0.418 e. The fourth-order valence-electron chi connectivity index (χ4n) is 1.15. The van der Waals surface area contributed by atoms with Crippen LogP contribution in [0, 0.1) is 0 Å². The lowest BCUT2D eigenvalue weighted by atomic mass is 10.1. The van der Waals surface area contributed by atoms with Crippen molar-refractivity contribution in [2.75, 3.05) is 7.11 Å². The number of aldehydes is 1. The zero-order valence-electron chi connectivity index (χ0n) is 7.86. The van der Waals surface area contributed by atoms with Crippen LogP contribution in [0.25, 0.3) is 0 Å². The van der Waals surface area contributed by atoms with Gasteiger partial charge in [0.15, 0.2) is 6.29 Å². The molecule has 0 saturated carbocycles. The second-order valence-electron chi connectivity index (χ2n) is 2.79. The third-order valence-electron chi connectivity index (χ3n) is 1.83. The summed E-state index contributed by atoms with van der Waals surface area (Å²) < 4.78 is 42.4. The SMILES string of the molecule is COc1cc(C=O)c(C(F)(F)F)c(Cl)c1Cl. The molecular formula is C9H5Cl2F3O2. The maximum atomic E-state index is 12.6. The molecule has 0 unspecified atom stereocenters. The van der Waals surface area contributed by atoms with Crippen LogP contribution >= 0.6 is 23.2 Å². The fraction of sp³-hybridized carbons (Fsp3) is 0.222. The Morgan fingerprint density at radius 3 is 2.25 bits per heavy atom. The van der Waals surface area contributed by atoms with Crippen LogP contribution in [0.5, 0.6) is 5.75 Å². The van der Waals surface area contributed by atoms with Gasteiger partial charge in [-0.05, 0) is 6.07 Å². The van der Waals surface area contributed by atoms with Crippen LogP contribution in [0.3, 0.4) is 0 Å². The molecule has 0 aromatic heterocycles. The van der Waals surface area contributed by atoms with Crippen LogP contribution in [0.2, 0.25) is 10.0 Å². The second-order valence-corrected chi connectivity index (χ2v) is 3.54. The number of carbonyl (C=O) groups is 1. The lowest BCUT2D eigenvalue weighted by molar-refractivity contribution is -0.137. The predicted molar refractivity (Wildman–Crippen MR) is 53.4 cm³/mol. The summed E-state index contributed by atoms with van der Waals surface area (Å²) in [7, 11) is 1.21. The lowest BCUT2D eigenvalue weighted by Crippen LogP contribution is -2.10. The van der Waals surface area contributed by atoms with Gasteiger partial charge in [0.1, 0.15) is 10.8 Å². The van der Waals surface area contributed by atoms with Crippen LogP contribution in [0.4, 0.5) is 13.2 Å². The fourth-order valence-corrected chi connectivity index (χ4v) is 1.69. The van der Waals surface area contributed by atoms with E-state index in [2.05, 4.69) is 0 Å². The zero-order valence-corrected chi connectivity index (χ0v) is 9.37. The van der Waals surface area contributed by atoms with Gasteiger partial charge in [-0.3, -0.25) is 4.79 Å². The molecule has 2 nitrogen and oxygen atoms in total. The molecule has 0 bridgehead atoms. The van der Waals surface area contributed by atoms with Gasteiger partial charge >= 0.3 is 6.18 Å². The molecule has 0 saturated heterocycles. The first-order valence-electron chi connectivity index (χ1n) is 3.91. The Balaban J connectivity index is 3.61. The van der Waals surface area contributed by atoms with E-state index >= 15 is 0 Å². The highest BCUT2D eigenvalue weighted by Crippen LogP contribution is 2.43. The highest BCUT2D eigenvalue weighted by molar-refractivity contribution is 6.43. The molecule has 16 heavy (non-hydrogen) atoms. The molecule has 0 heterocycles. The number of carbonyl (C=O) groups excluding carboxylic acids is 1. The van der Waals surface area contributed by atoms with Crippen molar-refractivity contribution in [1.29, 1.82) is 0 Å². The first-order valence-corrected chi connectivity index (χ1v) is 4.66. The molecule has 1 aromatic carbocycles. The largest absolute Gasteiger partial charge is 0.495 e.